The summed E-state index contributed by atoms with van der Waals surface area (Å²) in [4.78, 5) is 44.3. The summed E-state index contributed by atoms with van der Waals surface area (Å²) in [6, 6.07) is 9.29. The first kappa shape index (κ1) is 24.3. The number of hydrogen-bond acceptors (Lipinski definition) is 6. The molecule has 4 N–H and O–H groups in total. The smallest absolute Gasteiger partial charge is 0.251 e. The Morgan fingerprint density at radius 2 is 1.89 bits per heavy atom. The minimum Gasteiger partial charge on any atom is -0.384 e. The van der Waals surface area contributed by atoms with Crippen molar-refractivity contribution in [1.29, 1.82) is 0 Å². The monoisotopic (exact) mass is 489 g/mol. The summed E-state index contributed by atoms with van der Waals surface area (Å²) in [6.45, 7) is 3.66. The summed E-state index contributed by atoms with van der Waals surface area (Å²) >= 11 is 0. The number of nitrogens with two attached hydrogens (primary N) is 1. The lowest BCUT2D eigenvalue weighted by atomic mass is 9.92. The molecular formula is C28H35N5O3. The Labute approximate surface area is 212 Å². The molecule has 1 aromatic heterocycles. The van der Waals surface area contributed by atoms with Gasteiger partial charge in [-0.15, -0.1) is 0 Å². The van der Waals surface area contributed by atoms with Gasteiger partial charge in [0.1, 0.15) is 5.82 Å². The molecule has 190 valence electrons. The van der Waals surface area contributed by atoms with E-state index >= 15 is 0 Å². The van der Waals surface area contributed by atoms with Gasteiger partial charge in [-0.25, -0.2) is 4.98 Å². The number of piperidine rings is 1. The highest BCUT2D eigenvalue weighted by Crippen LogP contribution is 2.39. The van der Waals surface area contributed by atoms with Gasteiger partial charge in [-0.1, -0.05) is 6.92 Å². The Hall–Kier alpha value is -3.42. The SMILES string of the molecule is CCCNc1cc(C(=O)NC2CC3CCCN(c4ccc(C(=O)C5CC5)cn4)C3C2)ccc1C(N)=O. The second kappa shape index (κ2) is 10.3. The van der Waals surface area contributed by atoms with Crippen molar-refractivity contribution >= 4 is 29.1 Å². The molecule has 3 unspecified atom stereocenters. The molecule has 8 nitrogen and oxygen atoms in total. The maximum atomic E-state index is 13.1. The van der Waals surface area contributed by atoms with Crippen molar-refractivity contribution in [3.63, 3.8) is 0 Å². The summed E-state index contributed by atoms with van der Waals surface area (Å²) in [5.41, 5.74) is 7.72. The summed E-state index contributed by atoms with van der Waals surface area (Å²) in [5.74, 6) is 1.17. The maximum absolute atomic E-state index is 13.1. The highest BCUT2D eigenvalue weighted by molar-refractivity contribution is 6.02. The number of anilines is 2. The zero-order valence-electron chi connectivity index (χ0n) is 20.8. The number of carbonyl (C=O) groups excluding carboxylic acids is 3. The van der Waals surface area contributed by atoms with Gasteiger partial charge in [0.15, 0.2) is 5.78 Å². The molecule has 1 aliphatic heterocycles. The fourth-order valence-electron chi connectivity index (χ4n) is 5.74. The van der Waals surface area contributed by atoms with Crippen LogP contribution < -0.4 is 21.3 Å². The zero-order valence-corrected chi connectivity index (χ0v) is 20.8. The number of hydrogen-bond donors (Lipinski definition) is 3. The van der Waals surface area contributed by atoms with Crippen molar-refractivity contribution in [1.82, 2.24) is 10.3 Å². The molecule has 0 bridgehead atoms. The van der Waals surface area contributed by atoms with Gasteiger partial charge in [0.05, 0.1) is 5.56 Å². The number of rotatable bonds is 9. The van der Waals surface area contributed by atoms with Crippen LogP contribution in [0.15, 0.2) is 36.5 Å². The molecule has 2 aliphatic carbocycles. The van der Waals surface area contributed by atoms with Crippen LogP contribution in [0.25, 0.3) is 0 Å². The van der Waals surface area contributed by atoms with E-state index in [1.165, 1.54) is 0 Å². The lowest BCUT2D eigenvalue weighted by Crippen LogP contribution is -2.43. The molecule has 0 radical (unpaired) electrons. The van der Waals surface area contributed by atoms with E-state index in [0.717, 1.165) is 57.3 Å². The summed E-state index contributed by atoms with van der Waals surface area (Å²) in [5, 5.41) is 6.43. The van der Waals surface area contributed by atoms with Gasteiger partial charge in [-0.2, -0.15) is 0 Å². The maximum Gasteiger partial charge on any atom is 0.251 e. The van der Waals surface area contributed by atoms with E-state index in [9.17, 15) is 14.4 Å². The van der Waals surface area contributed by atoms with Crippen molar-refractivity contribution in [2.75, 3.05) is 23.3 Å². The van der Waals surface area contributed by atoms with Gasteiger partial charge in [-0.05, 0) is 81.2 Å². The van der Waals surface area contributed by atoms with Gasteiger partial charge in [0, 0.05) is 54.1 Å². The van der Waals surface area contributed by atoms with Crippen LogP contribution in [-0.2, 0) is 0 Å². The Morgan fingerprint density at radius 3 is 2.58 bits per heavy atom. The first-order valence-electron chi connectivity index (χ1n) is 13.2. The Morgan fingerprint density at radius 1 is 1.08 bits per heavy atom. The predicted octanol–water partition coefficient (Wildman–Crippen LogP) is 3.77. The number of fused-ring (bicyclic) bond motifs is 1. The van der Waals surface area contributed by atoms with Crippen molar-refractivity contribution in [2.45, 2.75) is 64.0 Å². The predicted molar refractivity (Wildman–Crippen MR) is 139 cm³/mol. The fourth-order valence-corrected chi connectivity index (χ4v) is 5.74. The number of aromatic nitrogens is 1. The van der Waals surface area contributed by atoms with E-state index in [1.807, 2.05) is 19.1 Å². The third kappa shape index (κ3) is 5.08. The number of amides is 2. The number of nitrogens with zero attached hydrogens (tertiary/aromatic N) is 2. The summed E-state index contributed by atoms with van der Waals surface area (Å²) < 4.78 is 0. The molecule has 2 aromatic rings. The largest absolute Gasteiger partial charge is 0.384 e. The third-order valence-corrected chi connectivity index (χ3v) is 7.75. The average molecular weight is 490 g/mol. The molecule has 36 heavy (non-hydrogen) atoms. The highest BCUT2D eigenvalue weighted by atomic mass is 16.2. The second-order valence-corrected chi connectivity index (χ2v) is 10.4. The molecule has 5 rings (SSSR count). The van der Waals surface area contributed by atoms with Crippen LogP contribution in [0.4, 0.5) is 11.5 Å². The Balaban J connectivity index is 1.25. The van der Waals surface area contributed by atoms with E-state index in [2.05, 4.69) is 20.5 Å². The molecule has 1 aromatic carbocycles. The van der Waals surface area contributed by atoms with E-state index in [0.29, 0.717) is 40.9 Å². The Kier molecular flexibility index (Phi) is 6.94. The molecule has 2 saturated carbocycles. The molecule has 3 fully saturated rings. The van der Waals surface area contributed by atoms with Crippen LogP contribution in [0.3, 0.4) is 0 Å². The molecule has 8 heteroatoms. The van der Waals surface area contributed by atoms with E-state index < -0.39 is 5.91 Å². The molecule has 3 atom stereocenters. The Bertz CT molecular complexity index is 1140. The van der Waals surface area contributed by atoms with Crippen LogP contribution in [0.2, 0.25) is 0 Å². The van der Waals surface area contributed by atoms with Crippen LogP contribution >= 0.6 is 0 Å². The number of ketones is 1. The van der Waals surface area contributed by atoms with E-state index in [1.54, 1.807) is 24.4 Å². The van der Waals surface area contributed by atoms with Gasteiger partial charge in [0.2, 0.25) is 0 Å². The summed E-state index contributed by atoms with van der Waals surface area (Å²) in [7, 11) is 0. The van der Waals surface area contributed by atoms with Crippen LogP contribution in [0.1, 0.15) is 82.9 Å². The lowest BCUT2D eigenvalue weighted by Gasteiger charge is -2.38. The molecule has 2 amide bonds. The van der Waals surface area contributed by atoms with Gasteiger partial charge in [0.25, 0.3) is 11.8 Å². The molecule has 2 heterocycles. The van der Waals surface area contributed by atoms with Crippen LogP contribution in [-0.4, -0.2) is 47.8 Å². The zero-order chi connectivity index (χ0) is 25.2. The second-order valence-electron chi connectivity index (χ2n) is 10.4. The van der Waals surface area contributed by atoms with Crippen molar-refractivity contribution in [3.05, 3.63) is 53.2 Å². The van der Waals surface area contributed by atoms with E-state index in [-0.39, 0.29) is 23.7 Å². The topological polar surface area (TPSA) is 117 Å². The summed E-state index contributed by atoms with van der Waals surface area (Å²) in [6.07, 6.45) is 8.65. The molecule has 1 saturated heterocycles. The van der Waals surface area contributed by atoms with Crippen LogP contribution in [0, 0.1) is 11.8 Å². The first-order valence-corrected chi connectivity index (χ1v) is 13.2. The molecule has 0 spiro atoms. The normalized spacial score (nSPS) is 23.1. The van der Waals surface area contributed by atoms with Crippen LogP contribution in [0.5, 0.6) is 0 Å². The first-order chi connectivity index (χ1) is 17.4. The number of Topliss-reactive ketones (excluding diaryl/α,β-unsaturated/α-hetero) is 1. The van der Waals surface area contributed by atoms with Crippen molar-refractivity contribution in [3.8, 4) is 0 Å². The minimum atomic E-state index is -0.515. The third-order valence-electron chi connectivity index (χ3n) is 7.75. The average Bonchev–Trinajstić information content (AvgIpc) is 3.66. The minimum absolute atomic E-state index is 0.0756. The standard InChI is InChI=1S/C28H35N5O3/c1-2-11-30-23-14-19(7-9-22(23)27(29)35)28(36)32-21-13-18-4-3-12-33(24(18)15-21)25-10-8-20(16-31-25)26(34)17-5-6-17/h7-10,14,16-18,21,24,30H,2-6,11-13,15H2,1H3,(H2,29,35)(H,32,36). The lowest BCUT2D eigenvalue weighted by molar-refractivity contribution is 0.0933. The number of benzene rings is 1. The van der Waals surface area contributed by atoms with E-state index in [4.69, 9.17) is 5.73 Å². The number of nitrogens with one attached hydrogen (secondary N) is 2. The molecule has 3 aliphatic rings. The highest BCUT2D eigenvalue weighted by Gasteiger charge is 2.41. The molecular weight excluding hydrogens is 454 g/mol. The van der Waals surface area contributed by atoms with Crippen molar-refractivity contribution in [2.24, 2.45) is 17.6 Å². The number of carbonyl (C=O) groups is 3. The van der Waals surface area contributed by atoms with Gasteiger partial charge < -0.3 is 21.3 Å². The van der Waals surface area contributed by atoms with Gasteiger partial charge in [-0.3, -0.25) is 14.4 Å². The van der Waals surface area contributed by atoms with Gasteiger partial charge >= 0.3 is 0 Å². The number of pyridine rings is 1. The number of primary amides is 1. The van der Waals surface area contributed by atoms with Crippen molar-refractivity contribution < 1.29 is 14.4 Å². The quantitative estimate of drug-likeness (QED) is 0.462. The fraction of sp³-hybridized carbons (Fsp3) is 0.500.